The van der Waals surface area contributed by atoms with E-state index in [1.54, 1.807) is 0 Å². The highest BCUT2D eigenvalue weighted by atomic mass is 14.6. The lowest BCUT2D eigenvalue weighted by molar-refractivity contribution is 0.191. The SMILES string of the molecule is CCCC12CCC(C)(C(C)C1)C2C. The first kappa shape index (κ1) is 9.55. The van der Waals surface area contributed by atoms with Crippen molar-refractivity contribution in [1.29, 1.82) is 0 Å². The van der Waals surface area contributed by atoms with Gasteiger partial charge in [0.25, 0.3) is 0 Å². The van der Waals surface area contributed by atoms with Gasteiger partial charge in [0.1, 0.15) is 0 Å². The standard InChI is InChI=1S/C13H24/c1-5-6-13-8-7-12(4,11(13)3)10(2)9-13/h10-11H,5-9H2,1-4H3. The first-order valence-electron chi connectivity index (χ1n) is 6.05. The third kappa shape index (κ3) is 1.04. The highest BCUT2D eigenvalue weighted by molar-refractivity contribution is 5.09. The summed E-state index contributed by atoms with van der Waals surface area (Å²) in [5.41, 5.74) is 1.44. The molecule has 4 atom stereocenters. The van der Waals surface area contributed by atoms with Crippen LogP contribution in [0.15, 0.2) is 0 Å². The van der Waals surface area contributed by atoms with Crippen LogP contribution in [0.1, 0.15) is 59.8 Å². The van der Waals surface area contributed by atoms with Crippen molar-refractivity contribution in [3.05, 3.63) is 0 Å². The Balaban J connectivity index is 2.25. The van der Waals surface area contributed by atoms with Gasteiger partial charge in [0.05, 0.1) is 0 Å². The summed E-state index contributed by atoms with van der Waals surface area (Å²) in [5.74, 6) is 1.96. The Morgan fingerprint density at radius 1 is 1.23 bits per heavy atom. The van der Waals surface area contributed by atoms with Crippen LogP contribution in [0, 0.1) is 22.7 Å². The molecule has 0 heterocycles. The van der Waals surface area contributed by atoms with E-state index in [-0.39, 0.29) is 0 Å². The fourth-order valence-electron chi connectivity index (χ4n) is 4.39. The molecule has 0 spiro atoms. The van der Waals surface area contributed by atoms with Crippen molar-refractivity contribution in [1.82, 2.24) is 0 Å². The van der Waals surface area contributed by atoms with Crippen LogP contribution < -0.4 is 0 Å². The molecule has 0 nitrogen and oxygen atoms in total. The maximum Gasteiger partial charge on any atom is -0.0264 e. The molecule has 0 heteroatoms. The highest BCUT2D eigenvalue weighted by Crippen LogP contribution is 2.69. The van der Waals surface area contributed by atoms with Crippen molar-refractivity contribution < 1.29 is 0 Å². The second-order valence-corrected chi connectivity index (χ2v) is 5.95. The molecular formula is C13H24. The van der Waals surface area contributed by atoms with E-state index < -0.39 is 0 Å². The molecule has 2 saturated carbocycles. The highest BCUT2D eigenvalue weighted by Gasteiger charge is 2.60. The lowest BCUT2D eigenvalue weighted by Crippen LogP contribution is -2.23. The summed E-state index contributed by atoms with van der Waals surface area (Å²) < 4.78 is 0. The van der Waals surface area contributed by atoms with Crippen LogP contribution in [-0.4, -0.2) is 0 Å². The van der Waals surface area contributed by atoms with E-state index in [1.165, 1.54) is 32.1 Å². The van der Waals surface area contributed by atoms with Crippen molar-refractivity contribution in [2.24, 2.45) is 22.7 Å². The minimum Gasteiger partial charge on any atom is -0.0654 e. The zero-order valence-corrected chi connectivity index (χ0v) is 9.69. The molecule has 0 aromatic heterocycles. The van der Waals surface area contributed by atoms with Crippen molar-refractivity contribution in [2.45, 2.75) is 59.8 Å². The van der Waals surface area contributed by atoms with Gasteiger partial charge in [0.15, 0.2) is 0 Å². The van der Waals surface area contributed by atoms with Gasteiger partial charge in [-0.2, -0.15) is 0 Å². The van der Waals surface area contributed by atoms with Crippen LogP contribution in [-0.2, 0) is 0 Å². The minimum atomic E-state index is 0.690. The second-order valence-electron chi connectivity index (χ2n) is 5.95. The molecule has 2 fully saturated rings. The van der Waals surface area contributed by atoms with Gasteiger partial charge >= 0.3 is 0 Å². The maximum atomic E-state index is 2.53. The molecule has 0 radical (unpaired) electrons. The summed E-state index contributed by atoms with van der Waals surface area (Å²) in [6.45, 7) is 9.88. The van der Waals surface area contributed by atoms with Gasteiger partial charge in [0.2, 0.25) is 0 Å². The Hall–Kier alpha value is 0. The van der Waals surface area contributed by atoms with Crippen LogP contribution in [0.3, 0.4) is 0 Å². The van der Waals surface area contributed by atoms with Gasteiger partial charge < -0.3 is 0 Å². The number of fused-ring (bicyclic) bond motifs is 2. The molecule has 0 saturated heterocycles. The Kier molecular flexibility index (Phi) is 2.02. The average Bonchev–Trinajstić information content (AvgIpc) is 2.41. The van der Waals surface area contributed by atoms with E-state index in [1.807, 2.05) is 0 Å². The van der Waals surface area contributed by atoms with Crippen molar-refractivity contribution >= 4 is 0 Å². The minimum absolute atomic E-state index is 0.690. The van der Waals surface area contributed by atoms with Crippen LogP contribution in [0.5, 0.6) is 0 Å². The van der Waals surface area contributed by atoms with E-state index in [0.717, 1.165) is 17.3 Å². The predicted molar refractivity (Wildman–Crippen MR) is 57.6 cm³/mol. The fraction of sp³-hybridized carbons (Fsp3) is 1.00. The Morgan fingerprint density at radius 3 is 2.31 bits per heavy atom. The molecule has 2 aliphatic rings. The zero-order chi connectivity index (χ0) is 9.69. The van der Waals surface area contributed by atoms with Crippen molar-refractivity contribution in [2.75, 3.05) is 0 Å². The molecule has 2 aliphatic carbocycles. The Bertz CT molecular complexity index is 204. The Morgan fingerprint density at radius 2 is 1.92 bits per heavy atom. The van der Waals surface area contributed by atoms with Crippen LogP contribution >= 0.6 is 0 Å². The number of rotatable bonds is 2. The van der Waals surface area contributed by atoms with Crippen LogP contribution in [0.2, 0.25) is 0 Å². The summed E-state index contributed by atoms with van der Waals surface area (Å²) in [5, 5.41) is 0. The number of hydrogen-bond donors (Lipinski definition) is 0. The lowest BCUT2D eigenvalue weighted by atomic mass is 9.74. The van der Waals surface area contributed by atoms with Crippen LogP contribution in [0.25, 0.3) is 0 Å². The monoisotopic (exact) mass is 180 g/mol. The van der Waals surface area contributed by atoms with E-state index in [2.05, 4.69) is 27.7 Å². The van der Waals surface area contributed by atoms with Gasteiger partial charge in [0, 0.05) is 0 Å². The van der Waals surface area contributed by atoms with Gasteiger partial charge in [-0.3, -0.25) is 0 Å². The second kappa shape index (κ2) is 2.74. The topological polar surface area (TPSA) is 0 Å². The van der Waals surface area contributed by atoms with Gasteiger partial charge in [-0.15, -0.1) is 0 Å². The normalized spacial score (nSPS) is 54.5. The number of hydrogen-bond acceptors (Lipinski definition) is 0. The van der Waals surface area contributed by atoms with E-state index in [0.29, 0.717) is 5.41 Å². The summed E-state index contributed by atoms with van der Waals surface area (Å²) in [6.07, 6.45) is 7.39. The fourth-order valence-corrected chi connectivity index (χ4v) is 4.39. The van der Waals surface area contributed by atoms with E-state index >= 15 is 0 Å². The zero-order valence-electron chi connectivity index (χ0n) is 9.69. The van der Waals surface area contributed by atoms with Gasteiger partial charge in [-0.1, -0.05) is 34.1 Å². The summed E-state index contributed by atoms with van der Waals surface area (Å²) in [6, 6.07) is 0. The smallest absolute Gasteiger partial charge is 0.0264 e. The molecular weight excluding hydrogens is 156 g/mol. The molecule has 0 aliphatic heterocycles. The molecule has 4 unspecified atom stereocenters. The molecule has 76 valence electrons. The molecule has 0 aromatic carbocycles. The summed E-state index contributed by atoms with van der Waals surface area (Å²) in [7, 11) is 0. The molecule has 2 rings (SSSR count). The molecule has 0 amide bonds. The first-order valence-corrected chi connectivity index (χ1v) is 6.05. The van der Waals surface area contributed by atoms with E-state index in [4.69, 9.17) is 0 Å². The Labute approximate surface area is 83.1 Å². The summed E-state index contributed by atoms with van der Waals surface area (Å²) in [4.78, 5) is 0. The van der Waals surface area contributed by atoms with Crippen molar-refractivity contribution in [3.63, 3.8) is 0 Å². The maximum absolute atomic E-state index is 2.53. The quantitative estimate of drug-likeness (QED) is 0.596. The molecule has 0 N–H and O–H groups in total. The first-order chi connectivity index (χ1) is 6.05. The lowest BCUT2D eigenvalue weighted by Gasteiger charge is -2.31. The van der Waals surface area contributed by atoms with E-state index in [9.17, 15) is 0 Å². The van der Waals surface area contributed by atoms with Gasteiger partial charge in [-0.25, -0.2) is 0 Å². The molecule has 0 aromatic rings. The van der Waals surface area contributed by atoms with Crippen LogP contribution in [0.4, 0.5) is 0 Å². The largest absolute Gasteiger partial charge is 0.0654 e. The summed E-state index contributed by atoms with van der Waals surface area (Å²) >= 11 is 0. The van der Waals surface area contributed by atoms with Crippen molar-refractivity contribution in [3.8, 4) is 0 Å². The average molecular weight is 180 g/mol. The third-order valence-electron chi connectivity index (χ3n) is 5.66. The third-order valence-corrected chi connectivity index (χ3v) is 5.66. The predicted octanol–water partition coefficient (Wildman–Crippen LogP) is 4.25. The molecule has 13 heavy (non-hydrogen) atoms. The molecule has 2 bridgehead atoms. The van der Waals surface area contributed by atoms with Gasteiger partial charge in [-0.05, 0) is 48.3 Å².